The normalized spacial score (nSPS) is 16.7. The van der Waals surface area contributed by atoms with Crippen LogP contribution in [-0.4, -0.2) is 122 Å². The van der Waals surface area contributed by atoms with E-state index in [-0.39, 0.29) is 86.1 Å². The molecule has 0 spiro atoms. The number of hydrogen-bond acceptors (Lipinski definition) is 16. The van der Waals surface area contributed by atoms with Crippen molar-refractivity contribution in [3.05, 3.63) is 71.0 Å². The molecule has 2 aliphatic heterocycles. The molecule has 1 fully saturated rings. The number of anilines is 4. The molecule has 2 aromatic carbocycles. The van der Waals surface area contributed by atoms with E-state index >= 15 is 0 Å². The molecule has 21 nitrogen and oxygen atoms in total. The van der Waals surface area contributed by atoms with Gasteiger partial charge in [-0.05, 0) is 55.7 Å². The van der Waals surface area contributed by atoms with E-state index in [2.05, 4.69) is 41.2 Å². The summed E-state index contributed by atoms with van der Waals surface area (Å²) in [5.41, 5.74) is 14.4. The minimum Gasteiger partial charge on any atom is -0.480 e. The molecular weight excluding hydrogens is 756 g/mol. The number of aliphatic hydroxyl groups excluding tert-OH is 1. The van der Waals surface area contributed by atoms with Crippen molar-refractivity contribution >= 4 is 69.8 Å². The number of imide groups is 1. The summed E-state index contributed by atoms with van der Waals surface area (Å²) in [4.78, 5) is 95.4. The van der Waals surface area contributed by atoms with Gasteiger partial charge in [0, 0.05) is 43.5 Å². The van der Waals surface area contributed by atoms with Crippen molar-refractivity contribution < 1.29 is 43.7 Å². The van der Waals surface area contributed by atoms with Crippen LogP contribution in [-0.2, 0) is 25.7 Å². The minimum atomic E-state index is -1.32. The van der Waals surface area contributed by atoms with Crippen molar-refractivity contribution in [2.24, 2.45) is 0 Å². The summed E-state index contributed by atoms with van der Waals surface area (Å²) in [5.74, 6) is -4.01. The maximum absolute atomic E-state index is 13.2. The number of benzene rings is 2. The third-order valence-corrected chi connectivity index (χ3v) is 9.45. The number of fused-ring (bicyclic) bond motifs is 2. The molecule has 5 amide bonds. The number of aliphatic hydroxyl groups is 1. The number of carboxylic acid groups (broad SMARTS) is 1. The molecule has 1 saturated heterocycles. The SMILES string of the molecule is CN(Cc1cnc2nc(N)nc(N)c2n1)c1ccc(C(=O)N[C@@H](CCC(=O)NCCOCCNc2cccc3c2C(=O)N(C2CCC(O)NC2=O)C3=O)C(=O)O)cc1. The van der Waals surface area contributed by atoms with Crippen LogP contribution in [0.5, 0.6) is 0 Å². The van der Waals surface area contributed by atoms with Crippen LogP contribution in [0.15, 0.2) is 48.7 Å². The number of hydrogen-bond donors (Lipinski definition) is 8. The molecule has 3 atom stereocenters. The van der Waals surface area contributed by atoms with Crippen LogP contribution >= 0.6 is 0 Å². The van der Waals surface area contributed by atoms with Crippen LogP contribution in [0.4, 0.5) is 23.1 Å². The predicted octanol–water partition coefficient (Wildman–Crippen LogP) is -0.378. The summed E-state index contributed by atoms with van der Waals surface area (Å²) in [6.45, 7) is 1.04. The quantitative estimate of drug-likeness (QED) is 0.0499. The number of rotatable bonds is 17. The molecule has 58 heavy (non-hydrogen) atoms. The van der Waals surface area contributed by atoms with Gasteiger partial charge in [-0.25, -0.2) is 14.8 Å². The Bertz CT molecular complexity index is 2240. The van der Waals surface area contributed by atoms with E-state index in [4.69, 9.17) is 16.2 Å². The lowest BCUT2D eigenvalue weighted by atomic mass is 10.0. The summed E-state index contributed by atoms with van der Waals surface area (Å²) in [5, 5.41) is 29.9. The van der Waals surface area contributed by atoms with Gasteiger partial charge in [-0.15, -0.1) is 0 Å². The lowest BCUT2D eigenvalue weighted by molar-refractivity contribution is -0.139. The number of nitrogen functional groups attached to an aromatic ring is 2. The first-order valence-electron chi connectivity index (χ1n) is 18.3. The number of nitrogens with zero attached hydrogens (tertiary/aromatic N) is 6. The third kappa shape index (κ3) is 9.33. The van der Waals surface area contributed by atoms with E-state index in [0.717, 1.165) is 10.6 Å². The fraction of sp³-hybridized carbons (Fsp3) is 0.351. The van der Waals surface area contributed by atoms with Crippen molar-refractivity contribution in [2.75, 3.05) is 55.0 Å². The van der Waals surface area contributed by atoms with Crippen LogP contribution in [0.3, 0.4) is 0 Å². The number of aliphatic carboxylic acids is 1. The second-order valence-corrected chi connectivity index (χ2v) is 13.5. The molecule has 0 aliphatic carbocycles. The van der Waals surface area contributed by atoms with Crippen LogP contribution in [0.2, 0.25) is 0 Å². The number of amides is 5. The van der Waals surface area contributed by atoms with Gasteiger partial charge in [-0.1, -0.05) is 6.07 Å². The molecule has 2 aliphatic rings. The van der Waals surface area contributed by atoms with Crippen molar-refractivity contribution in [3.63, 3.8) is 0 Å². The second-order valence-electron chi connectivity index (χ2n) is 13.5. The van der Waals surface area contributed by atoms with Crippen molar-refractivity contribution in [3.8, 4) is 0 Å². The fourth-order valence-corrected chi connectivity index (χ4v) is 6.51. The standard InChI is InChI=1S/C37H42N12O9/c1-48(18-20-17-42-31-29(43-20)30(38)46-37(39)47-31)21-7-5-19(6-8-21)32(52)44-24(36(56)57)9-11-26(50)41-14-16-58-15-13-40-23-4-2-3-22-28(23)35(55)49(34(22)54)25-10-12-27(51)45-33(25)53/h2-8,17,24-25,27,40,51H,9-16,18H2,1H3,(H,41,50)(H,44,52)(H,45,53)(H,56,57)(H4,38,39,42,46,47)/t24-,25?,27?/m0/s1. The zero-order valence-corrected chi connectivity index (χ0v) is 31.3. The Kier molecular flexibility index (Phi) is 12.5. The number of carbonyl (C=O) groups excluding carboxylic acids is 5. The predicted molar refractivity (Wildman–Crippen MR) is 207 cm³/mol. The Morgan fingerprint density at radius 2 is 1.78 bits per heavy atom. The van der Waals surface area contributed by atoms with Gasteiger partial charge in [-0.2, -0.15) is 9.97 Å². The van der Waals surface area contributed by atoms with Gasteiger partial charge in [0.2, 0.25) is 17.8 Å². The van der Waals surface area contributed by atoms with Gasteiger partial charge in [0.1, 0.15) is 18.3 Å². The highest BCUT2D eigenvalue weighted by Crippen LogP contribution is 2.32. The number of aromatic nitrogens is 4. The molecule has 21 heteroatoms. The van der Waals surface area contributed by atoms with Gasteiger partial charge in [0.25, 0.3) is 17.7 Å². The van der Waals surface area contributed by atoms with Crippen LogP contribution in [0.1, 0.15) is 62.5 Å². The van der Waals surface area contributed by atoms with Crippen molar-refractivity contribution in [1.82, 2.24) is 40.8 Å². The summed E-state index contributed by atoms with van der Waals surface area (Å²) >= 11 is 0. The molecule has 0 bridgehead atoms. The smallest absolute Gasteiger partial charge is 0.326 e. The summed E-state index contributed by atoms with van der Waals surface area (Å²) in [6.07, 6.45) is 0.562. The molecule has 4 heterocycles. The molecule has 2 aromatic heterocycles. The first-order chi connectivity index (χ1) is 27.8. The highest BCUT2D eigenvalue weighted by molar-refractivity contribution is 6.25. The third-order valence-electron chi connectivity index (χ3n) is 9.45. The molecule has 10 N–H and O–H groups in total. The van der Waals surface area contributed by atoms with Crippen molar-refractivity contribution in [1.29, 1.82) is 0 Å². The van der Waals surface area contributed by atoms with Crippen molar-refractivity contribution in [2.45, 2.75) is 50.5 Å². The molecule has 0 radical (unpaired) electrons. The highest BCUT2D eigenvalue weighted by atomic mass is 16.5. The molecule has 4 aromatic rings. The Labute approximate surface area is 330 Å². The number of nitrogens with one attached hydrogen (secondary N) is 4. The zero-order chi connectivity index (χ0) is 41.5. The summed E-state index contributed by atoms with van der Waals surface area (Å²) in [7, 11) is 1.81. The maximum Gasteiger partial charge on any atom is 0.326 e. The summed E-state index contributed by atoms with van der Waals surface area (Å²) in [6, 6.07) is 8.93. The Morgan fingerprint density at radius 3 is 2.52 bits per heavy atom. The van der Waals surface area contributed by atoms with E-state index in [1.54, 1.807) is 42.6 Å². The topological polar surface area (TPSA) is 310 Å². The zero-order valence-electron chi connectivity index (χ0n) is 31.3. The largest absolute Gasteiger partial charge is 0.480 e. The lowest BCUT2D eigenvalue weighted by Crippen LogP contribution is -2.55. The van der Waals surface area contributed by atoms with Crippen LogP contribution < -0.4 is 37.6 Å². The molecule has 304 valence electrons. The highest BCUT2D eigenvalue weighted by Gasteiger charge is 2.45. The van der Waals surface area contributed by atoms with E-state index in [9.17, 15) is 39.0 Å². The fourth-order valence-electron chi connectivity index (χ4n) is 6.51. The van der Waals surface area contributed by atoms with Gasteiger partial charge in [-0.3, -0.25) is 28.9 Å². The number of nitrogens with two attached hydrogens (primary N) is 2. The van der Waals surface area contributed by atoms with Gasteiger partial charge >= 0.3 is 5.97 Å². The summed E-state index contributed by atoms with van der Waals surface area (Å²) < 4.78 is 5.57. The average molecular weight is 799 g/mol. The van der Waals surface area contributed by atoms with Gasteiger partial charge < -0.3 is 52.6 Å². The minimum absolute atomic E-state index is 0.00297. The average Bonchev–Trinajstić information content (AvgIpc) is 3.45. The Balaban J connectivity index is 0.893. The number of carbonyl (C=O) groups is 6. The molecule has 2 unspecified atom stereocenters. The van der Waals surface area contributed by atoms with E-state index in [1.165, 1.54) is 6.07 Å². The molecule has 0 saturated carbocycles. The van der Waals surface area contributed by atoms with Gasteiger partial charge in [0.05, 0.1) is 42.8 Å². The lowest BCUT2D eigenvalue weighted by Gasteiger charge is -2.31. The first kappa shape index (κ1) is 40.7. The molecular formula is C37H42N12O9. The first-order valence-corrected chi connectivity index (χ1v) is 18.3. The number of carboxylic acids is 1. The van der Waals surface area contributed by atoms with Gasteiger partial charge in [0.15, 0.2) is 17.0 Å². The maximum atomic E-state index is 13.2. The number of piperidine rings is 1. The molecule has 6 rings (SSSR count). The Hall–Kier alpha value is -7.00. The second kappa shape index (κ2) is 17.9. The van der Waals surface area contributed by atoms with Crippen LogP contribution in [0, 0.1) is 0 Å². The number of ether oxygens (including phenoxy) is 1. The Morgan fingerprint density at radius 1 is 1.02 bits per heavy atom. The van der Waals surface area contributed by atoms with E-state index < -0.39 is 53.8 Å². The van der Waals surface area contributed by atoms with E-state index in [0.29, 0.717) is 23.4 Å². The van der Waals surface area contributed by atoms with Crippen LogP contribution in [0.25, 0.3) is 11.2 Å². The monoisotopic (exact) mass is 798 g/mol. The van der Waals surface area contributed by atoms with E-state index in [1.807, 2.05) is 11.9 Å².